The molecule has 5 heteroatoms. The summed E-state index contributed by atoms with van der Waals surface area (Å²) >= 11 is 3.58. The fourth-order valence-electron chi connectivity index (χ4n) is 2.36. The highest BCUT2D eigenvalue weighted by atomic mass is 79.9. The van der Waals surface area contributed by atoms with E-state index in [1.54, 1.807) is 0 Å². The minimum Gasteiger partial charge on any atom is -0.316 e. The highest BCUT2D eigenvalue weighted by Crippen LogP contribution is 2.27. The van der Waals surface area contributed by atoms with Crippen LogP contribution >= 0.6 is 15.9 Å². The zero-order chi connectivity index (χ0) is 15.7. The van der Waals surface area contributed by atoms with Gasteiger partial charge in [-0.05, 0) is 43.4 Å². The largest absolute Gasteiger partial charge is 0.316 e. The van der Waals surface area contributed by atoms with Gasteiger partial charge in [0.25, 0.3) is 0 Å². The Bertz CT molecular complexity index is 517. The van der Waals surface area contributed by atoms with Crippen molar-refractivity contribution in [1.29, 1.82) is 0 Å². The van der Waals surface area contributed by atoms with Gasteiger partial charge in [-0.15, -0.1) is 0 Å². The molecule has 0 aliphatic heterocycles. The number of hydrogen-bond donors (Lipinski definition) is 1. The number of hydrogen-bond acceptors (Lipinski definition) is 3. The normalized spacial score (nSPS) is 13.3. The van der Waals surface area contributed by atoms with Gasteiger partial charge >= 0.3 is 0 Å². The Hall–Kier alpha value is -0.390. The van der Waals surface area contributed by atoms with E-state index in [2.05, 4.69) is 34.2 Å². The number of nitrogens with one attached hydrogen (secondary N) is 1. The Morgan fingerprint density at radius 3 is 2.48 bits per heavy atom. The molecule has 0 saturated heterocycles. The summed E-state index contributed by atoms with van der Waals surface area (Å²) in [5.41, 5.74) is 1.19. The highest BCUT2D eigenvalue weighted by molar-refractivity contribution is 9.10. The van der Waals surface area contributed by atoms with Crippen LogP contribution in [0.4, 0.5) is 0 Å². The molecular formula is C16H26BrNO2S. The van der Waals surface area contributed by atoms with Crippen molar-refractivity contribution in [3.8, 4) is 0 Å². The Balaban J connectivity index is 2.76. The predicted molar refractivity (Wildman–Crippen MR) is 93.6 cm³/mol. The number of benzene rings is 1. The van der Waals surface area contributed by atoms with Gasteiger partial charge < -0.3 is 5.32 Å². The van der Waals surface area contributed by atoms with Crippen molar-refractivity contribution in [2.24, 2.45) is 0 Å². The van der Waals surface area contributed by atoms with E-state index in [1.807, 2.05) is 25.1 Å². The van der Waals surface area contributed by atoms with Crippen molar-refractivity contribution >= 4 is 25.8 Å². The predicted octanol–water partition coefficient (Wildman–Crippen LogP) is 3.75. The average Bonchev–Trinajstić information content (AvgIpc) is 2.43. The lowest BCUT2D eigenvalue weighted by Crippen LogP contribution is -2.24. The Labute approximate surface area is 137 Å². The molecule has 0 aromatic heterocycles. The van der Waals surface area contributed by atoms with Crippen LogP contribution in [0, 0.1) is 0 Å². The van der Waals surface area contributed by atoms with Gasteiger partial charge in [-0.25, -0.2) is 8.42 Å². The minimum atomic E-state index is -2.92. The summed E-state index contributed by atoms with van der Waals surface area (Å²) in [4.78, 5) is 0. The van der Waals surface area contributed by atoms with Gasteiger partial charge in [0.15, 0.2) is 0 Å². The lowest BCUT2D eigenvalue weighted by molar-refractivity contribution is 0.553. The van der Waals surface area contributed by atoms with E-state index in [1.165, 1.54) is 5.56 Å². The van der Waals surface area contributed by atoms with Gasteiger partial charge in [0.2, 0.25) is 0 Å². The fraction of sp³-hybridized carbons (Fsp3) is 0.625. The van der Waals surface area contributed by atoms with E-state index in [-0.39, 0.29) is 17.4 Å². The van der Waals surface area contributed by atoms with E-state index in [4.69, 9.17) is 0 Å². The average molecular weight is 376 g/mol. The highest BCUT2D eigenvalue weighted by Gasteiger charge is 2.18. The van der Waals surface area contributed by atoms with Crippen molar-refractivity contribution in [2.75, 3.05) is 24.6 Å². The molecule has 1 unspecified atom stereocenters. The molecule has 0 aliphatic rings. The zero-order valence-electron chi connectivity index (χ0n) is 12.9. The molecule has 21 heavy (non-hydrogen) atoms. The molecular weight excluding hydrogens is 350 g/mol. The molecule has 1 aromatic carbocycles. The molecule has 1 atom stereocenters. The third-order valence-electron chi connectivity index (χ3n) is 3.46. The van der Waals surface area contributed by atoms with Crippen molar-refractivity contribution in [2.45, 2.75) is 39.0 Å². The zero-order valence-corrected chi connectivity index (χ0v) is 15.3. The topological polar surface area (TPSA) is 46.2 Å². The van der Waals surface area contributed by atoms with Gasteiger partial charge in [-0.3, -0.25) is 0 Å². The Morgan fingerprint density at radius 1 is 1.14 bits per heavy atom. The smallest absolute Gasteiger partial charge is 0.150 e. The van der Waals surface area contributed by atoms with E-state index in [0.717, 1.165) is 24.0 Å². The van der Waals surface area contributed by atoms with Gasteiger partial charge in [-0.2, -0.15) is 0 Å². The summed E-state index contributed by atoms with van der Waals surface area (Å²) in [6, 6.07) is 8.09. The molecule has 0 spiro atoms. The second-order valence-corrected chi connectivity index (χ2v) is 8.52. The van der Waals surface area contributed by atoms with Crippen LogP contribution in [-0.4, -0.2) is 33.0 Å². The summed E-state index contributed by atoms with van der Waals surface area (Å²) < 4.78 is 25.0. The first-order valence-electron chi connectivity index (χ1n) is 7.65. The summed E-state index contributed by atoms with van der Waals surface area (Å²) in [5, 5.41) is 3.41. The Morgan fingerprint density at radius 2 is 1.86 bits per heavy atom. The summed E-state index contributed by atoms with van der Waals surface area (Å²) in [7, 11) is -2.92. The lowest BCUT2D eigenvalue weighted by atomic mass is 9.96. The summed E-state index contributed by atoms with van der Waals surface area (Å²) in [6.45, 7) is 5.82. The minimum absolute atomic E-state index is 0.221. The maximum Gasteiger partial charge on any atom is 0.150 e. The molecule has 0 radical (unpaired) electrons. The van der Waals surface area contributed by atoms with Gasteiger partial charge in [-0.1, -0.05) is 48.0 Å². The van der Waals surface area contributed by atoms with Crippen LogP contribution in [0.1, 0.15) is 44.6 Å². The molecule has 120 valence electrons. The third kappa shape index (κ3) is 6.94. The lowest BCUT2D eigenvalue weighted by Gasteiger charge is -2.19. The molecule has 1 aromatic rings. The van der Waals surface area contributed by atoms with Gasteiger partial charge in [0, 0.05) is 16.8 Å². The summed E-state index contributed by atoms with van der Waals surface area (Å²) in [5.74, 6) is 0.775. The first-order chi connectivity index (χ1) is 10.00. The second-order valence-electron chi connectivity index (χ2n) is 5.36. The van der Waals surface area contributed by atoms with Crippen LogP contribution in [0.2, 0.25) is 0 Å². The van der Waals surface area contributed by atoms with Crippen molar-refractivity contribution in [1.82, 2.24) is 5.32 Å². The molecule has 0 aliphatic carbocycles. The van der Waals surface area contributed by atoms with Crippen molar-refractivity contribution in [3.63, 3.8) is 0 Å². The van der Waals surface area contributed by atoms with Crippen LogP contribution in [0.3, 0.4) is 0 Å². The molecule has 0 fully saturated rings. The van der Waals surface area contributed by atoms with Gasteiger partial charge in [0.05, 0.1) is 5.75 Å². The first kappa shape index (κ1) is 18.7. The van der Waals surface area contributed by atoms with Crippen LogP contribution < -0.4 is 5.32 Å². The number of halogens is 1. The van der Waals surface area contributed by atoms with Crippen LogP contribution in [-0.2, 0) is 9.84 Å². The molecule has 3 nitrogen and oxygen atoms in total. The first-order valence-corrected chi connectivity index (χ1v) is 10.3. The molecule has 0 amide bonds. The van der Waals surface area contributed by atoms with Crippen LogP contribution in [0.15, 0.2) is 28.7 Å². The molecule has 0 heterocycles. The third-order valence-corrected chi connectivity index (χ3v) is 6.07. The van der Waals surface area contributed by atoms with Crippen LogP contribution in [0.25, 0.3) is 0 Å². The van der Waals surface area contributed by atoms with Crippen LogP contribution in [0.5, 0.6) is 0 Å². The standard InChI is InChI=1S/C16H26BrNO2S/c1-3-10-18-13-14(9-12-21(19,20)11-4-2)15-7-5-6-8-16(15)17/h5-8,14,18H,3-4,9-13H2,1-2H3. The van der Waals surface area contributed by atoms with Crippen molar-refractivity contribution < 1.29 is 8.42 Å². The van der Waals surface area contributed by atoms with E-state index < -0.39 is 9.84 Å². The molecule has 1 rings (SSSR count). The molecule has 0 saturated carbocycles. The van der Waals surface area contributed by atoms with Gasteiger partial charge in [0.1, 0.15) is 9.84 Å². The van der Waals surface area contributed by atoms with E-state index in [9.17, 15) is 8.42 Å². The monoisotopic (exact) mass is 375 g/mol. The maximum atomic E-state index is 11.9. The molecule has 0 bridgehead atoms. The maximum absolute atomic E-state index is 11.9. The molecule has 1 N–H and O–H groups in total. The quantitative estimate of drug-likeness (QED) is 0.633. The van der Waals surface area contributed by atoms with Crippen molar-refractivity contribution in [3.05, 3.63) is 34.3 Å². The van der Waals surface area contributed by atoms with E-state index in [0.29, 0.717) is 12.8 Å². The SMILES string of the molecule is CCCNCC(CCS(=O)(=O)CCC)c1ccccc1Br. The van der Waals surface area contributed by atoms with E-state index >= 15 is 0 Å². The Kier molecular flexibility index (Phi) is 8.52. The number of sulfone groups is 1. The summed E-state index contributed by atoms with van der Waals surface area (Å²) in [6.07, 6.45) is 2.44. The second kappa shape index (κ2) is 9.59. The number of rotatable bonds is 10. The fourth-order valence-corrected chi connectivity index (χ4v) is 4.44.